The van der Waals surface area contributed by atoms with Crippen LogP contribution in [0.5, 0.6) is 0 Å². The monoisotopic (exact) mass is 278 g/mol. The van der Waals surface area contributed by atoms with Crippen LogP contribution in [0.4, 0.5) is 5.69 Å². The first-order valence-corrected chi connectivity index (χ1v) is 7.08. The van der Waals surface area contributed by atoms with E-state index in [1.165, 1.54) is 0 Å². The Morgan fingerprint density at radius 2 is 2.37 bits per heavy atom. The third kappa shape index (κ3) is 2.63. The molecule has 2 rings (SSSR count). The van der Waals surface area contributed by atoms with Crippen molar-refractivity contribution in [2.24, 2.45) is 7.05 Å². The van der Waals surface area contributed by atoms with E-state index in [-0.39, 0.29) is 11.9 Å². The minimum atomic E-state index is -0.187. The number of hydrogen-bond donors (Lipinski definition) is 2. The fourth-order valence-corrected chi connectivity index (χ4v) is 2.73. The third-order valence-electron chi connectivity index (χ3n) is 3.03. The van der Waals surface area contributed by atoms with Crippen molar-refractivity contribution in [2.75, 3.05) is 5.73 Å². The summed E-state index contributed by atoms with van der Waals surface area (Å²) in [6, 6.07) is 3.93. The molecule has 19 heavy (non-hydrogen) atoms. The van der Waals surface area contributed by atoms with E-state index in [1.807, 2.05) is 31.4 Å². The first-order valence-electron chi connectivity index (χ1n) is 6.20. The molecule has 1 atom stereocenters. The molecule has 0 fully saturated rings. The van der Waals surface area contributed by atoms with Gasteiger partial charge in [0.15, 0.2) is 0 Å². The van der Waals surface area contributed by atoms with Crippen molar-refractivity contribution in [3.63, 3.8) is 0 Å². The van der Waals surface area contributed by atoms with E-state index in [4.69, 9.17) is 5.73 Å². The predicted octanol–water partition coefficient (Wildman–Crippen LogP) is 2.12. The first kappa shape index (κ1) is 13.6. The first-order chi connectivity index (χ1) is 9.04. The number of nitrogens with zero attached hydrogens (tertiary/aromatic N) is 2. The van der Waals surface area contributed by atoms with E-state index >= 15 is 0 Å². The molecule has 5 nitrogen and oxygen atoms in total. The molecule has 0 saturated heterocycles. The van der Waals surface area contributed by atoms with Gasteiger partial charge in [-0.05, 0) is 24.8 Å². The van der Waals surface area contributed by atoms with Gasteiger partial charge in [-0.3, -0.25) is 9.48 Å². The normalized spacial score (nSPS) is 12.4. The Morgan fingerprint density at radius 1 is 1.63 bits per heavy atom. The van der Waals surface area contributed by atoms with Gasteiger partial charge in [-0.1, -0.05) is 13.0 Å². The number of rotatable bonds is 4. The largest absolute Gasteiger partial charge is 0.395 e. The predicted molar refractivity (Wildman–Crippen MR) is 77.2 cm³/mol. The highest BCUT2D eigenvalue weighted by Crippen LogP contribution is 2.21. The van der Waals surface area contributed by atoms with Crippen molar-refractivity contribution >= 4 is 22.9 Å². The lowest BCUT2D eigenvalue weighted by molar-refractivity contribution is 0.0932. The molecule has 0 aromatic carbocycles. The molecular formula is C13H18N4OS. The summed E-state index contributed by atoms with van der Waals surface area (Å²) < 4.78 is 1.55. The molecule has 6 heteroatoms. The van der Waals surface area contributed by atoms with Crippen LogP contribution in [0, 0.1) is 0 Å². The van der Waals surface area contributed by atoms with Crippen molar-refractivity contribution in [3.8, 4) is 0 Å². The lowest BCUT2D eigenvalue weighted by Gasteiger charge is -2.12. The highest BCUT2D eigenvalue weighted by Gasteiger charge is 2.21. The van der Waals surface area contributed by atoms with Crippen LogP contribution in [-0.4, -0.2) is 15.7 Å². The number of carbonyl (C=O) groups is 1. The Balaban J connectivity index is 2.19. The molecule has 102 valence electrons. The summed E-state index contributed by atoms with van der Waals surface area (Å²) in [6.45, 7) is 3.92. The van der Waals surface area contributed by atoms with Crippen molar-refractivity contribution in [3.05, 3.63) is 33.8 Å². The Kier molecular flexibility index (Phi) is 3.90. The number of hydrogen-bond acceptors (Lipinski definition) is 4. The number of anilines is 1. The Bertz CT molecular complexity index is 574. The second kappa shape index (κ2) is 5.44. The van der Waals surface area contributed by atoms with Crippen molar-refractivity contribution < 1.29 is 4.79 Å². The minimum absolute atomic E-state index is 0.0353. The minimum Gasteiger partial charge on any atom is -0.395 e. The molecule has 0 spiro atoms. The van der Waals surface area contributed by atoms with Crippen LogP contribution >= 0.6 is 11.3 Å². The average molecular weight is 278 g/mol. The number of nitrogens with two attached hydrogens (primary N) is 1. The Labute approximate surface area is 116 Å². The van der Waals surface area contributed by atoms with Gasteiger partial charge in [-0.25, -0.2) is 0 Å². The van der Waals surface area contributed by atoms with Crippen LogP contribution in [0.15, 0.2) is 17.5 Å². The standard InChI is InChI=1S/C13H18N4OS/c1-4-9-11(14)12(17(3)16-9)13(18)15-8(2)10-6-5-7-19-10/h5-8H,4,14H2,1-3H3,(H,15,18). The van der Waals surface area contributed by atoms with Gasteiger partial charge in [0.25, 0.3) is 5.91 Å². The number of thiophene rings is 1. The second-order valence-electron chi connectivity index (χ2n) is 4.40. The quantitative estimate of drug-likeness (QED) is 0.899. The van der Waals surface area contributed by atoms with Crippen LogP contribution in [0.1, 0.15) is 40.9 Å². The zero-order valence-electron chi connectivity index (χ0n) is 11.3. The number of amides is 1. The van der Waals surface area contributed by atoms with Gasteiger partial charge in [0.2, 0.25) is 0 Å². The smallest absolute Gasteiger partial charge is 0.272 e. The lowest BCUT2D eigenvalue weighted by atomic mass is 10.2. The lowest BCUT2D eigenvalue weighted by Crippen LogP contribution is -2.28. The maximum atomic E-state index is 12.3. The molecule has 2 aromatic heterocycles. The summed E-state index contributed by atoms with van der Waals surface area (Å²) in [5.74, 6) is -0.187. The van der Waals surface area contributed by atoms with Crippen molar-refractivity contribution in [1.29, 1.82) is 0 Å². The van der Waals surface area contributed by atoms with Crippen LogP contribution in [0.3, 0.4) is 0 Å². The number of aromatic nitrogens is 2. The van der Waals surface area contributed by atoms with Crippen molar-refractivity contribution in [2.45, 2.75) is 26.3 Å². The van der Waals surface area contributed by atoms with Gasteiger partial charge in [0.05, 0.1) is 17.4 Å². The van der Waals surface area contributed by atoms with Crippen LogP contribution < -0.4 is 11.1 Å². The average Bonchev–Trinajstić information content (AvgIpc) is 2.97. The maximum Gasteiger partial charge on any atom is 0.272 e. The maximum absolute atomic E-state index is 12.3. The number of carbonyl (C=O) groups excluding carboxylic acids is 1. The van der Waals surface area contributed by atoms with Gasteiger partial charge in [-0.2, -0.15) is 5.10 Å². The van der Waals surface area contributed by atoms with Gasteiger partial charge >= 0.3 is 0 Å². The summed E-state index contributed by atoms with van der Waals surface area (Å²) in [5.41, 5.74) is 7.63. The van der Waals surface area contributed by atoms with Crippen molar-refractivity contribution in [1.82, 2.24) is 15.1 Å². The van der Waals surface area contributed by atoms with Crippen LogP contribution in [0.2, 0.25) is 0 Å². The molecule has 1 amide bonds. The number of aryl methyl sites for hydroxylation is 2. The Hall–Kier alpha value is -1.82. The molecular weight excluding hydrogens is 260 g/mol. The van der Waals surface area contributed by atoms with E-state index in [2.05, 4.69) is 10.4 Å². The number of nitrogens with one attached hydrogen (secondary N) is 1. The summed E-state index contributed by atoms with van der Waals surface area (Å²) in [5, 5.41) is 9.19. The SMILES string of the molecule is CCc1nn(C)c(C(=O)NC(C)c2cccs2)c1N. The van der Waals surface area contributed by atoms with Crippen LogP contribution in [0.25, 0.3) is 0 Å². The molecule has 0 radical (unpaired) electrons. The molecule has 0 aliphatic carbocycles. The molecule has 0 aliphatic heterocycles. The highest BCUT2D eigenvalue weighted by molar-refractivity contribution is 7.10. The molecule has 2 aromatic rings. The van der Waals surface area contributed by atoms with Gasteiger partial charge in [0.1, 0.15) is 5.69 Å². The van der Waals surface area contributed by atoms with E-state index in [9.17, 15) is 4.79 Å². The van der Waals surface area contributed by atoms with E-state index in [0.717, 1.165) is 10.6 Å². The van der Waals surface area contributed by atoms with Crippen LogP contribution in [-0.2, 0) is 13.5 Å². The third-order valence-corrected chi connectivity index (χ3v) is 4.08. The summed E-state index contributed by atoms with van der Waals surface area (Å²) in [7, 11) is 1.74. The summed E-state index contributed by atoms with van der Waals surface area (Å²) in [4.78, 5) is 13.4. The topological polar surface area (TPSA) is 72.9 Å². The van der Waals surface area contributed by atoms with Gasteiger partial charge in [0, 0.05) is 11.9 Å². The molecule has 0 saturated carbocycles. The Morgan fingerprint density at radius 3 is 2.89 bits per heavy atom. The fourth-order valence-electron chi connectivity index (χ4n) is 2.00. The van der Waals surface area contributed by atoms with E-state index in [0.29, 0.717) is 17.8 Å². The fraction of sp³-hybridized carbons (Fsp3) is 0.385. The zero-order chi connectivity index (χ0) is 14.0. The van der Waals surface area contributed by atoms with Gasteiger partial charge < -0.3 is 11.1 Å². The second-order valence-corrected chi connectivity index (χ2v) is 5.38. The molecule has 2 heterocycles. The van der Waals surface area contributed by atoms with Gasteiger partial charge in [-0.15, -0.1) is 11.3 Å². The molecule has 0 bridgehead atoms. The number of nitrogen functional groups attached to an aromatic ring is 1. The summed E-state index contributed by atoms with van der Waals surface area (Å²) >= 11 is 1.62. The zero-order valence-corrected chi connectivity index (χ0v) is 12.1. The molecule has 3 N–H and O–H groups in total. The molecule has 1 unspecified atom stereocenters. The molecule has 0 aliphatic rings. The summed E-state index contributed by atoms with van der Waals surface area (Å²) in [6.07, 6.45) is 0.716. The van der Waals surface area contributed by atoms with E-state index in [1.54, 1.807) is 23.1 Å². The van der Waals surface area contributed by atoms with E-state index < -0.39 is 0 Å². The highest BCUT2D eigenvalue weighted by atomic mass is 32.1.